The van der Waals surface area contributed by atoms with Crippen molar-refractivity contribution >= 4 is 23.3 Å². The number of carbonyl (C=O) groups excluding carboxylic acids is 1. The molecule has 0 spiro atoms. The molecule has 1 unspecified atom stereocenters. The number of amides is 1. The van der Waals surface area contributed by atoms with Crippen LogP contribution in [0.5, 0.6) is 5.75 Å². The summed E-state index contributed by atoms with van der Waals surface area (Å²) in [5.41, 5.74) is 7.20. The highest BCUT2D eigenvalue weighted by molar-refractivity contribution is 6.23. The molecule has 3 N–H and O–H groups in total. The number of carboxylic acids is 1. The minimum absolute atomic E-state index is 0.0329. The number of para-hydroxylation sites is 1. The summed E-state index contributed by atoms with van der Waals surface area (Å²) in [6, 6.07) is 7.18. The Hall–Kier alpha value is -2.83. The molecule has 7 nitrogen and oxygen atoms in total. The molecular formula is C24H33N3O4. The summed E-state index contributed by atoms with van der Waals surface area (Å²) in [5, 5.41) is 9.62. The minimum atomic E-state index is -1.13. The molecule has 2 aliphatic rings. The topological polar surface area (TPSA) is 105 Å². The first kappa shape index (κ1) is 22.8. The highest BCUT2D eigenvalue weighted by Gasteiger charge is 2.34. The fourth-order valence-corrected chi connectivity index (χ4v) is 4.60. The first-order valence-corrected chi connectivity index (χ1v) is 11.1. The molecule has 1 aliphatic heterocycles. The lowest BCUT2D eigenvalue weighted by Crippen LogP contribution is -2.42. The monoisotopic (exact) mass is 427 g/mol. The Morgan fingerprint density at radius 3 is 2.55 bits per heavy atom. The molecule has 0 bridgehead atoms. The second-order valence-corrected chi connectivity index (χ2v) is 8.37. The van der Waals surface area contributed by atoms with Gasteiger partial charge in [-0.3, -0.25) is 9.79 Å². The molecule has 1 amide bonds. The van der Waals surface area contributed by atoms with Crippen LogP contribution < -0.4 is 10.5 Å². The van der Waals surface area contributed by atoms with Gasteiger partial charge in [0.1, 0.15) is 17.9 Å². The summed E-state index contributed by atoms with van der Waals surface area (Å²) < 4.78 is 6.11. The summed E-state index contributed by atoms with van der Waals surface area (Å²) in [5.74, 6) is -0.203. The van der Waals surface area contributed by atoms with Crippen LogP contribution >= 0.6 is 0 Å². The Kier molecular flexibility index (Phi) is 7.71. The molecule has 1 saturated heterocycles. The number of likely N-dealkylation sites (tertiary alicyclic amines) is 1. The summed E-state index contributed by atoms with van der Waals surface area (Å²) in [6.07, 6.45) is 7.36. The Morgan fingerprint density at radius 1 is 1.16 bits per heavy atom. The van der Waals surface area contributed by atoms with E-state index >= 15 is 0 Å². The number of nitrogens with two attached hydrogens (primary N) is 1. The number of aliphatic imine (C=N–C) groups is 1. The normalized spacial score (nSPS) is 21.0. The third-order valence-corrected chi connectivity index (χ3v) is 6.40. The van der Waals surface area contributed by atoms with Gasteiger partial charge in [0.05, 0.1) is 11.7 Å². The predicted octanol–water partition coefficient (Wildman–Crippen LogP) is 3.48. The summed E-state index contributed by atoms with van der Waals surface area (Å²) in [6.45, 7) is 2.77. The Bertz CT molecular complexity index is 871. The molecule has 1 atom stereocenters. The van der Waals surface area contributed by atoms with Gasteiger partial charge >= 0.3 is 5.97 Å². The maximum Gasteiger partial charge on any atom is 0.339 e. The van der Waals surface area contributed by atoms with E-state index in [9.17, 15) is 14.7 Å². The van der Waals surface area contributed by atoms with E-state index in [1.807, 2.05) is 11.0 Å². The number of benzene rings is 1. The fraction of sp³-hybridized carbons (Fsp3) is 0.542. The molecule has 7 heteroatoms. The van der Waals surface area contributed by atoms with E-state index in [0.29, 0.717) is 23.6 Å². The number of aliphatic carboxylic acids is 1. The minimum Gasteiger partial charge on any atom is -0.491 e. The maximum absolute atomic E-state index is 13.0. The second kappa shape index (κ2) is 10.5. The van der Waals surface area contributed by atoms with Crippen LogP contribution in [0, 0.1) is 5.92 Å². The molecule has 0 aromatic heterocycles. The molecule has 31 heavy (non-hydrogen) atoms. The first-order chi connectivity index (χ1) is 14.9. The van der Waals surface area contributed by atoms with Gasteiger partial charge in [-0.15, -0.1) is 0 Å². The zero-order valence-electron chi connectivity index (χ0n) is 18.5. The van der Waals surface area contributed by atoms with Crippen molar-refractivity contribution in [1.82, 2.24) is 4.90 Å². The van der Waals surface area contributed by atoms with E-state index in [-0.39, 0.29) is 29.1 Å². The Morgan fingerprint density at radius 2 is 1.87 bits per heavy atom. The Balaban J connectivity index is 1.76. The van der Waals surface area contributed by atoms with Crippen LogP contribution in [0.2, 0.25) is 0 Å². The number of hydrogen-bond acceptors (Lipinski definition) is 5. The van der Waals surface area contributed by atoms with Gasteiger partial charge in [0.25, 0.3) is 0 Å². The van der Waals surface area contributed by atoms with Crippen molar-refractivity contribution in [2.75, 3.05) is 20.2 Å². The van der Waals surface area contributed by atoms with Gasteiger partial charge in [-0.2, -0.15) is 0 Å². The van der Waals surface area contributed by atoms with Crippen molar-refractivity contribution in [2.24, 2.45) is 16.6 Å². The molecule has 2 fully saturated rings. The van der Waals surface area contributed by atoms with Crippen LogP contribution in [-0.2, 0) is 9.59 Å². The number of carboxylic acid groups (broad SMARTS) is 1. The number of nitrogens with zero attached hydrogens (tertiary/aromatic N) is 2. The molecule has 1 aromatic carbocycles. The van der Waals surface area contributed by atoms with Crippen molar-refractivity contribution in [1.29, 1.82) is 0 Å². The van der Waals surface area contributed by atoms with E-state index in [2.05, 4.69) is 4.99 Å². The molecule has 1 saturated carbocycles. The summed E-state index contributed by atoms with van der Waals surface area (Å²) >= 11 is 0. The van der Waals surface area contributed by atoms with Crippen LogP contribution in [0.3, 0.4) is 0 Å². The first-order valence-electron chi connectivity index (χ1n) is 11.1. The lowest BCUT2D eigenvalue weighted by molar-refractivity contribution is -0.138. The fourth-order valence-electron chi connectivity index (χ4n) is 4.60. The van der Waals surface area contributed by atoms with Gasteiger partial charge in [-0.25, -0.2) is 4.79 Å². The zero-order valence-corrected chi connectivity index (χ0v) is 18.5. The number of carbonyl (C=O) groups is 2. The van der Waals surface area contributed by atoms with Gasteiger partial charge in [0.15, 0.2) is 0 Å². The molecule has 0 radical (unpaired) electrons. The van der Waals surface area contributed by atoms with E-state index in [4.69, 9.17) is 10.5 Å². The van der Waals surface area contributed by atoms with Gasteiger partial charge in [-0.05, 0) is 44.7 Å². The predicted molar refractivity (Wildman–Crippen MR) is 121 cm³/mol. The van der Waals surface area contributed by atoms with Gasteiger partial charge in [0, 0.05) is 30.8 Å². The molecule has 1 aliphatic carbocycles. The maximum atomic E-state index is 13.0. The van der Waals surface area contributed by atoms with Crippen LogP contribution in [0.25, 0.3) is 5.70 Å². The summed E-state index contributed by atoms with van der Waals surface area (Å²) in [7, 11) is 1.53. The highest BCUT2D eigenvalue weighted by atomic mass is 16.5. The Labute approximate surface area is 184 Å². The third-order valence-electron chi connectivity index (χ3n) is 6.40. The lowest BCUT2D eigenvalue weighted by Gasteiger charge is -2.30. The van der Waals surface area contributed by atoms with Crippen LogP contribution in [0.4, 0.5) is 0 Å². The average molecular weight is 428 g/mol. The lowest BCUT2D eigenvalue weighted by atomic mass is 9.88. The zero-order chi connectivity index (χ0) is 22.4. The largest absolute Gasteiger partial charge is 0.491 e. The second-order valence-electron chi connectivity index (χ2n) is 8.37. The van der Waals surface area contributed by atoms with Crippen molar-refractivity contribution in [2.45, 2.75) is 57.9 Å². The molecule has 1 heterocycles. The van der Waals surface area contributed by atoms with Crippen molar-refractivity contribution in [3.05, 3.63) is 35.4 Å². The van der Waals surface area contributed by atoms with Crippen molar-refractivity contribution in [3.63, 3.8) is 0 Å². The average Bonchev–Trinajstić information content (AvgIpc) is 3.26. The van der Waals surface area contributed by atoms with Crippen molar-refractivity contribution < 1.29 is 19.4 Å². The van der Waals surface area contributed by atoms with Crippen LogP contribution in [0.15, 0.2) is 34.8 Å². The summed E-state index contributed by atoms with van der Waals surface area (Å²) in [4.78, 5) is 30.8. The highest BCUT2D eigenvalue weighted by Crippen LogP contribution is 2.30. The van der Waals surface area contributed by atoms with Gasteiger partial charge < -0.3 is 20.5 Å². The van der Waals surface area contributed by atoms with Gasteiger partial charge in [0.2, 0.25) is 5.91 Å². The van der Waals surface area contributed by atoms with E-state index in [1.165, 1.54) is 13.5 Å². The SMILES string of the molecule is CN=C(C)/C(C(=O)O)=C(/N)c1ccccc1OCC1CCCN1C(=O)C1CCCCC1. The van der Waals surface area contributed by atoms with E-state index in [1.54, 1.807) is 25.1 Å². The van der Waals surface area contributed by atoms with Gasteiger partial charge in [-0.1, -0.05) is 31.4 Å². The quantitative estimate of drug-likeness (QED) is 0.512. The molecule has 1 aromatic rings. The standard InChI is InChI=1S/C24H33N3O4/c1-16(26-2)21(24(29)30)22(25)19-12-6-7-13-20(19)31-15-18-11-8-14-27(18)23(28)17-9-4-3-5-10-17/h6-7,12-13,17-18H,3-5,8-11,14-15,25H2,1-2H3,(H,29,30)/b22-21-,26-16?. The third kappa shape index (κ3) is 5.27. The van der Waals surface area contributed by atoms with Crippen LogP contribution in [-0.4, -0.2) is 53.8 Å². The molecule has 168 valence electrons. The van der Waals surface area contributed by atoms with Crippen LogP contribution in [0.1, 0.15) is 57.4 Å². The molecule has 3 rings (SSSR count). The number of ether oxygens (including phenoxy) is 1. The smallest absolute Gasteiger partial charge is 0.339 e. The van der Waals surface area contributed by atoms with E-state index < -0.39 is 5.97 Å². The van der Waals surface area contributed by atoms with Crippen molar-refractivity contribution in [3.8, 4) is 5.75 Å². The number of hydrogen-bond donors (Lipinski definition) is 2. The van der Waals surface area contributed by atoms with E-state index in [0.717, 1.165) is 45.1 Å². The molecular weight excluding hydrogens is 394 g/mol. The number of rotatable bonds is 7.